The molecule has 3 amide bonds. The van der Waals surface area contributed by atoms with Crippen LogP contribution in [-0.2, 0) is 0 Å². The summed E-state index contributed by atoms with van der Waals surface area (Å²) in [4.78, 5) is 31.6. The van der Waals surface area contributed by atoms with Crippen molar-refractivity contribution in [2.24, 2.45) is 0 Å². The van der Waals surface area contributed by atoms with Gasteiger partial charge in [-0.05, 0) is 49.6 Å². The van der Waals surface area contributed by atoms with Crippen LogP contribution in [0.3, 0.4) is 0 Å². The van der Waals surface area contributed by atoms with Gasteiger partial charge in [-0.15, -0.1) is 0 Å². The number of para-hydroxylation sites is 2. The van der Waals surface area contributed by atoms with E-state index in [-0.39, 0.29) is 11.9 Å². The Bertz CT molecular complexity index is 1060. The SMILES string of the molecule is O=C(NCCNc1ccc2ccccc2n1)Nc1ccccc1C(=O)N1CCCCC1. The number of carbonyl (C=O) groups excluding carboxylic acids is 2. The second kappa shape index (κ2) is 9.93. The fourth-order valence-electron chi connectivity index (χ4n) is 3.74. The van der Waals surface area contributed by atoms with E-state index in [4.69, 9.17) is 0 Å². The Labute approximate surface area is 181 Å². The lowest BCUT2D eigenvalue weighted by Gasteiger charge is -2.27. The van der Waals surface area contributed by atoms with Gasteiger partial charge in [0.05, 0.1) is 16.8 Å². The van der Waals surface area contributed by atoms with Crippen LogP contribution in [0.5, 0.6) is 0 Å². The summed E-state index contributed by atoms with van der Waals surface area (Å²) in [6.45, 7) is 2.50. The van der Waals surface area contributed by atoms with Gasteiger partial charge >= 0.3 is 6.03 Å². The highest BCUT2D eigenvalue weighted by Gasteiger charge is 2.21. The smallest absolute Gasteiger partial charge is 0.319 e. The van der Waals surface area contributed by atoms with E-state index >= 15 is 0 Å². The Balaban J connectivity index is 1.28. The molecule has 0 unspecified atom stereocenters. The third kappa shape index (κ3) is 5.31. The molecule has 1 fully saturated rings. The standard InChI is InChI=1S/C24H27N5O2/c30-23(29-16-6-1-7-17-29)19-9-3-5-11-21(19)28-24(31)26-15-14-25-22-13-12-18-8-2-4-10-20(18)27-22/h2-5,8-13H,1,6-7,14-17H2,(H,25,27)(H2,26,28,31). The maximum atomic E-state index is 12.8. The van der Waals surface area contributed by atoms with Gasteiger partial charge in [-0.2, -0.15) is 0 Å². The molecule has 1 aliphatic rings. The van der Waals surface area contributed by atoms with Crippen LogP contribution in [0.1, 0.15) is 29.6 Å². The summed E-state index contributed by atoms with van der Waals surface area (Å²) < 4.78 is 0. The van der Waals surface area contributed by atoms with Gasteiger partial charge in [-0.1, -0.05) is 30.3 Å². The van der Waals surface area contributed by atoms with Gasteiger partial charge in [0.2, 0.25) is 0 Å². The number of fused-ring (bicyclic) bond motifs is 1. The Hall–Kier alpha value is -3.61. The van der Waals surface area contributed by atoms with Crippen molar-refractivity contribution in [2.45, 2.75) is 19.3 Å². The minimum absolute atomic E-state index is 0.0281. The quantitative estimate of drug-likeness (QED) is 0.527. The van der Waals surface area contributed by atoms with E-state index in [1.54, 1.807) is 12.1 Å². The van der Waals surface area contributed by atoms with Gasteiger partial charge in [0.1, 0.15) is 5.82 Å². The average Bonchev–Trinajstić information content (AvgIpc) is 2.82. The van der Waals surface area contributed by atoms with Crippen molar-refractivity contribution in [1.82, 2.24) is 15.2 Å². The third-order valence-corrected chi connectivity index (χ3v) is 5.36. The molecular formula is C24H27N5O2. The largest absolute Gasteiger partial charge is 0.368 e. The van der Waals surface area contributed by atoms with Crippen molar-refractivity contribution in [2.75, 3.05) is 36.8 Å². The molecule has 0 radical (unpaired) electrons. The zero-order valence-corrected chi connectivity index (χ0v) is 17.4. The van der Waals surface area contributed by atoms with Gasteiger partial charge in [0.15, 0.2) is 0 Å². The summed E-state index contributed by atoms with van der Waals surface area (Å²) in [5.74, 6) is 0.734. The van der Waals surface area contributed by atoms with Crippen LogP contribution in [0.15, 0.2) is 60.7 Å². The lowest BCUT2D eigenvalue weighted by molar-refractivity contribution is 0.0725. The molecule has 4 rings (SSSR count). The average molecular weight is 418 g/mol. The van der Waals surface area contributed by atoms with Crippen LogP contribution in [-0.4, -0.2) is 48.0 Å². The van der Waals surface area contributed by atoms with E-state index in [9.17, 15) is 9.59 Å². The maximum absolute atomic E-state index is 12.8. The van der Waals surface area contributed by atoms with E-state index < -0.39 is 0 Å². The molecule has 0 spiro atoms. The first-order chi connectivity index (χ1) is 15.2. The lowest BCUT2D eigenvalue weighted by Crippen LogP contribution is -2.37. The monoisotopic (exact) mass is 417 g/mol. The van der Waals surface area contributed by atoms with Crippen LogP contribution in [0.2, 0.25) is 0 Å². The number of hydrogen-bond acceptors (Lipinski definition) is 4. The van der Waals surface area contributed by atoms with Crippen LogP contribution in [0, 0.1) is 0 Å². The molecule has 0 aliphatic carbocycles. The minimum atomic E-state index is -0.341. The number of anilines is 2. The first kappa shape index (κ1) is 20.7. The number of nitrogens with one attached hydrogen (secondary N) is 3. The number of pyridine rings is 1. The summed E-state index contributed by atoms with van der Waals surface area (Å²) >= 11 is 0. The van der Waals surface area contributed by atoms with Crippen LogP contribution < -0.4 is 16.0 Å². The number of likely N-dealkylation sites (tertiary alicyclic amines) is 1. The number of aromatic nitrogens is 1. The van der Waals surface area contributed by atoms with Crippen molar-refractivity contribution in [3.05, 3.63) is 66.2 Å². The predicted octanol–water partition coefficient (Wildman–Crippen LogP) is 4.09. The molecule has 0 atom stereocenters. The molecule has 0 bridgehead atoms. The number of rotatable bonds is 6. The Kier molecular flexibility index (Phi) is 6.62. The fourth-order valence-corrected chi connectivity index (χ4v) is 3.74. The van der Waals surface area contributed by atoms with Crippen LogP contribution in [0.4, 0.5) is 16.3 Å². The van der Waals surface area contributed by atoms with Crippen molar-refractivity contribution in [3.8, 4) is 0 Å². The van der Waals surface area contributed by atoms with Gasteiger partial charge < -0.3 is 20.9 Å². The summed E-state index contributed by atoms with van der Waals surface area (Å²) in [7, 11) is 0. The molecule has 3 N–H and O–H groups in total. The highest BCUT2D eigenvalue weighted by molar-refractivity contribution is 6.03. The first-order valence-corrected chi connectivity index (χ1v) is 10.7. The molecule has 2 heterocycles. The van der Waals surface area contributed by atoms with Gasteiger partial charge in [-0.25, -0.2) is 9.78 Å². The van der Waals surface area contributed by atoms with E-state index in [0.717, 1.165) is 49.1 Å². The van der Waals surface area contributed by atoms with Crippen LogP contribution >= 0.6 is 0 Å². The summed E-state index contributed by atoms with van der Waals surface area (Å²) in [5, 5.41) is 9.93. The normalized spacial score (nSPS) is 13.6. The van der Waals surface area contributed by atoms with Gasteiger partial charge in [0.25, 0.3) is 5.91 Å². The van der Waals surface area contributed by atoms with E-state index in [2.05, 4.69) is 20.9 Å². The minimum Gasteiger partial charge on any atom is -0.368 e. The molecule has 1 aliphatic heterocycles. The highest BCUT2D eigenvalue weighted by atomic mass is 16.2. The molecule has 7 heteroatoms. The lowest BCUT2D eigenvalue weighted by atomic mass is 10.1. The van der Waals surface area contributed by atoms with Crippen LogP contribution in [0.25, 0.3) is 10.9 Å². The molecule has 2 aromatic carbocycles. The molecule has 1 saturated heterocycles. The number of piperidine rings is 1. The van der Waals surface area contributed by atoms with E-state index in [1.807, 2.05) is 53.4 Å². The molecule has 3 aromatic rings. The third-order valence-electron chi connectivity index (χ3n) is 5.36. The number of amides is 3. The summed E-state index contributed by atoms with van der Waals surface area (Å²) in [5.41, 5.74) is 1.98. The second-order valence-electron chi connectivity index (χ2n) is 7.60. The van der Waals surface area contributed by atoms with E-state index in [1.165, 1.54) is 0 Å². The Morgan fingerprint density at radius 3 is 2.52 bits per heavy atom. The Morgan fingerprint density at radius 1 is 0.871 bits per heavy atom. The molecule has 31 heavy (non-hydrogen) atoms. The number of benzene rings is 2. The molecule has 1 aromatic heterocycles. The van der Waals surface area contributed by atoms with Crippen molar-refractivity contribution in [1.29, 1.82) is 0 Å². The molecular weight excluding hydrogens is 390 g/mol. The number of nitrogens with zero attached hydrogens (tertiary/aromatic N) is 2. The zero-order valence-electron chi connectivity index (χ0n) is 17.4. The zero-order chi connectivity index (χ0) is 21.5. The van der Waals surface area contributed by atoms with Crippen molar-refractivity contribution in [3.63, 3.8) is 0 Å². The van der Waals surface area contributed by atoms with Crippen molar-refractivity contribution >= 4 is 34.3 Å². The fraction of sp³-hybridized carbons (Fsp3) is 0.292. The number of carbonyl (C=O) groups is 2. The van der Waals surface area contributed by atoms with E-state index in [0.29, 0.717) is 24.3 Å². The molecule has 160 valence electrons. The first-order valence-electron chi connectivity index (χ1n) is 10.7. The summed E-state index contributed by atoms with van der Waals surface area (Å²) in [6, 6.07) is 18.7. The Morgan fingerprint density at radius 2 is 1.65 bits per heavy atom. The molecule has 7 nitrogen and oxygen atoms in total. The second-order valence-corrected chi connectivity index (χ2v) is 7.60. The van der Waals surface area contributed by atoms with Gasteiger partial charge in [0, 0.05) is 31.6 Å². The van der Waals surface area contributed by atoms with Gasteiger partial charge in [-0.3, -0.25) is 4.79 Å². The predicted molar refractivity (Wildman–Crippen MR) is 123 cm³/mol. The molecule has 0 saturated carbocycles. The topological polar surface area (TPSA) is 86.4 Å². The highest BCUT2D eigenvalue weighted by Crippen LogP contribution is 2.20. The summed E-state index contributed by atoms with van der Waals surface area (Å²) in [6.07, 6.45) is 3.22. The van der Waals surface area contributed by atoms with Crippen molar-refractivity contribution < 1.29 is 9.59 Å². The number of hydrogen-bond donors (Lipinski definition) is 3. The number of urea groups is 1. The maximum Gasteiger partial charge on any atom is 0.319 e.